The third-order valence-electron chi connectivity index (χ3n) is 4.98. The van der Waals surface area contributed by atoms with Crippen LogP contribution >= 0.6 is 11.3 Å². The molecule has 0 spiro atoms. The van der Waals surface area contributed by atoms with Crippen LogP contribution in [0, 0.1) is 6.92 Å². The number of aryl methyl sites for hydroxylation is 1. The summed E-state index contributed by atoms with van der Waals surface area (Å²) in [5, 5.41) is 1.06. The predicted molar refractivity (Wildman–Crippen MR) is 117 cm³/mol. The van der Waals surface area contributed by atoms with Crippen LogP contribution in [-0.2, 0) is 16.1 Å². The Bertz CT molecular complexity index is 1200. The molecule has 1 atom stereocenters. The zero-order valence-corrected chi connectivity index (χ0v) is 17.1. The number of thiophene rings is 1. The molecule has 0 bridgehead atoms. The zero-order chi connectivity index (χ0) is 19.8. The average Bonchev–Trinajstić information content (AvgIpc) is 3.12. The lowest BCUT2D eigenvalue weighted by molar-refractivity contribution is 0.186. The Labute approximate surface area is 173 Å². The van der Waals surface area contributed by atoms with Crippen molar-refractivity contribution in [1.82, 2.24) is 4.98 Å². The lowest BCUT2D eigenvalue weighted by Gasteiger charge is -2.24. The largest absolute Gasteiger partial charge is 0.463 e. The summed E-state index contributed by atoms with van der Waals surface area (Å²) in [5.41, 5.74) is 5.11. The fraction of sp³-hybridized carbons (Fsp3) is 0.167. The number of benzene rings is 2. The first kappa shape index (κ1) is 18.0. The number of pyridine rings is 1. The number of aromatic nitrogens is 1. The van der Waals surface area contributed by atoms with E-state index in [0.29, 0.717) is 12.5 Å². The predicted octanol–water partition coefficient (Wildman–Crippen LogP) is 5.95. The Kier molecular flexibility index (Phi) is 4.62. The third kappa shape index (κ3) is 3.22. The highest BCUT2D eigenvalue weighted by Gasteiger charge is 2.31. The molecule has 0 radical (unpaired) electrons. The minimum Gasteiger partial charge on any atom is -0.463 e. The smallest absolute Gasteiger partial charge is 0.222 e. The highest BCUT2D eigenvalue weighted by atomic mass is 32.1. The average molecular weight is 401 g/mol. The number of fused-ring (bicyclic) bond motifs is 3. The molecule has 29 heavy (non-hydrogen) atoms. The molecule has 5 heteroatoms. The van der Waals surface area contributed by atoms with Crippen LogP contribution in [0.5, 0.6) is 0 Å². The second-order valence-electron chi connectivity index (χ2n) is 7.04. The van der Waals surface area contributed by atoms with Crippen molar-refractivity contribution in [1.29, 1.82) is 0 Å². The Morgan fingerprint density at radius 1 is 1.03 bits per heavy atom. The molecule has 144 valence electrons. The molecule has 4 nitrogen and oxygen atoms in total. The highest BCUT2D eigenvalue weighted by Crippen LogP contribution is 2.48. The molecule has 1 unspecified atom stereocenters. The third-order valence-corrected chi connectivity index (χ3v) is 6.09. The van der Waals surface area contributed by atoms with Gasteiger partial charge in [-0.1, -0.05) is 48.5 Å². The number of nitrogens with zero attached hydrogens (tertiary/aromatic N) is 2. The van der Waals surface area contributed by atoms with E-state index in [2.05, 4.69) is 18.2 Å². The summed E-state index contributed by atoms with van der Waals surface area (Å²) < 4.78 is 11.9. The Balaban J connectivity index is 1.78. The molecule has 1 aliphatic heterocycles. The van der Waals surface area contributed by atoms with E-state index in [9.17, 15) is 0 Å². The number of ether oxygens (including phenoxy) is 2. The van der Waals surface area contributed by atoms with Crippen molar-refractivity contribution >= 4 is 33.1 Å². The fourth-order valence-electron chi connectivity index (χ4n) is 3.72. The van der Waals surface area contributed by atoms with Crippen molar-refractivity contribution in [2.75, 3.05) is 7.11 Å². The van der Waals surface area contributed by atoms with E-state index in [-0.39, 0.29) is 6.10 Å². The summed E-state index contributed by atoms with van der Waals surface area (Å²) in [6.07, 6.45) is -0.214. The molecule has 2 aromatic heterocycles. The molecule has 0 aliphatic carbocycles. The van der Waals surface area contributed by atoms with Crippen LogP contribution in [0.4, 0.5) is 5.69 Å². The summed E-state index contributed by atoms with van der Waals surface area (Å²) in [7, 11) is 1.72. The maximum absolute atomic E-state index is 6.45. The van der Waals surface area contributed by atoms with Crippen LogP contribution in [0.2, 0.25) is 0 Å². The molecule has 0 saturated heterocycles. The second-order valence-corrected chi connectivity index (χ2v) is 8.07. The zero-order valence-electron chi connectivity index (χ0n) is 16.3. The molecular formula is C24H20N2O2S. The number of methoxy groups -OCH3 is 1. The van der Waals surface area contributed by atoms with Gasteiger partial charge in [-0.3, -0.25) is 0 Å². The minimum absolute atomic E-state index is 0.214. The van der Waals surface area contributed by atoms with Crippen LogP contribution in [0.25, 0.3) is 10.2 Å². The summed E-state index contributed by atoms with van der Waals surface area (Å²) in [4.78, 5) is 11.8. The van der Waals surface area contributed by atoms with E-state index in [4.69, 9.17) is 19.5 Å². The first-order valence-corrected chi connectivity index (χ1v) is 10.3. The molecule has 0 N–H and O–H groups in total. The summed E-state index contributed by atoms with van der Waals surface area (Å²) >= 11 is 1.66. The monoisotopic (exact) mass is 400 g/mol. The quantitative estimate of drug-likeness (QED) is 0.425. The van der Waals surface area contributed by atoms with Gasteiger partial charge in [-0.2, -0.15) is 0 Å². The molecule has 1 aliphatic rings. The number of rotatable bonds is 4. The van der Waals surface area contributed by atoms with Gasteiger partial charge < -0.3 is 9.47 Å². The Morgan fingerprint density at radius 3 is 2.48 bits per heavy atom. The standard InChI is InChI=1S/C24H20N2O2S/c1-15-13-18(14-27-2)19-20-22(29-24(19)25-15)21(16-9-5-3-6-10-16)28-23(26-20)17-11-7-4-8-12-17/h3-13,21H,14H2,1-2H3. The van der Waals surface area contributed by atoms with Gasteiger partial charge in [0.05, 0.1) is 17.2 Å². The fourth-order valence-corrected chi connectivity index (χ4v) is 4.99. The van der Waals surface area contributed by atoms with Crippen molar-refractivity contribution in [2.45, 2.75) is 19.6 Å². The van der Waals surface area contributed by atoms with E-state index in [1.807, 2.05) is 55.5 Å². The number of hydrogen-bond donors (Lipinski definition) is 0. The van der Waals surface area contributed by atoms with Gasteiger partial charge in [-0.25, -0.2) is 9.98 Å². The Morgan fingerprint density at radius 2 is 1.76 bits per heavy atom. The van der Waals surface area contributed by atoms with Crippen LogP contribution in [-0.4, -0.2) is 18.0 Å². The van der Waals surface area contributed by atoms with Crippen molar-refractivity contribution in [3.8, 4) is 0 Å². The van der Waals surface area contributed by atoms with Gasteiger partial charge in [-0.15, -0.1) is 11.3 Å². The van der Waals surface area contributed by atoms with Gasteiger partial charge in [0.25, 0.3) is 0 Å². The Hall–Kier alpha value is -3.02. The first-order valence-electron chi connectivity index (χ1n) is 9.52. The molecule has 0 fully saturated rings. The highest BCUT2D eigenvalue weighted by molar-refractivity contribution is 7.19. The molecule has 0 saturated carbocycles. The normalized spacial score (nSPS) is 15.7. The molecule has 5 rings (SSSR count). The van der Waals surface area contributed by atoms with Crippen molar-refractivity contribution in [3.05, 3.63) is 94.0 Å². The van der Waals surface area contributed by atoms with Crippen LogP contribution in [0.3, 0.4) is 0 Å². The van der Waals surface area contributed by atoms with E-state index < -0.39 is 0 Å². The maximum atomic E-state index is 6.45. The summed E-state index contributed by atoms with van der Waals surface area (Å²) in [5.74, 6) is 0.635. The van der Waals surface area contributed by atoms with Crippen molar-refractivity contribution < 1.29 is 9.47 Å². The van der Waals surface area contributed by atoms with Gasteiger partial charge >= 0.3 is 0 Å². The van der Waals surface area contributed by atoms with E-state index >= 15 is 0 Å². The summed E-state index contributed by atoms with van der Waals surface area (Å²) in [6.45, 7) is 2.54. The lowest BCUT2D eigenvalue weighted by atomic mass is 10.0. The van der Waals surface area contributed by atoms with Gasteiger partial charge in [0, 0.05) is 23.8 Å². The first-order chi connectivity index (χ1) is 14.2. The molecule has 4 aromatic rings. The number of hydrogen-bond acceptors (Lipinski definition) is 5. The number of aliphatic imine (C=N–C) groups is 1. The molecule has 3 heterocycles. The van der Waals surface area contributed by atoms with Crippen LogP contribution in [0.1, 0.15) is 33.4 Å². The van der Waals surface area contributed by atoms with E-state index in [1.54, 1.807) is 18.4 Å². The van der Waals surface area contributed by atoms with Crippen LogP contribution < -0.4 is 0 Å². The molecule has 2 aromatic carbocycles. The van der Waals surface area contributed by atoms with Gasteiger partial charge in [0.15, 0.2) is 6.10 Å². The van der Waals surface area contributed by atoms with Gasteiger partial charge in [0.1, 0.15) is 4.83 Å². The van der Waals surface area contributed by atoms with E-state index in [1.165, 1.54) is 0 Å². The minimum atomic E-state index is -0.214. The topological polar surface area (TPSA) is 43.7 Å². The van der Waals surface area contributed by atoms with E-state index in [0.717, 1.165) is 43.2 Å². The SMILES string of the molecule is COCc1cc(C)nc2sc3c(c12)N=C(c1ccccc1)OC3c1ccccc1. The lowest BCUT2D eigenvalue weighted by Crippen LogP contribution is -2.16. The second kappa shape index (κ2) is 7.43. The van der Waals surface area contributed by atoms with Gasteiger partial charge in [-0.05, 0) is 36.2 Å². The van der Waals surface area contributed by atoms with Crippen LogP contribution in [0.15, 0.2) is 71.7 Å². The van der Waals surface area contributed by atoms with Crippen molar-refractivity contribution in [3.63, 3.8) is 0 Å². The maximum Gasteiger partial charge on any atom is 0.222 e. The van der Waals surface area contributed by atoms with Gasteiger partial charge in [0.2, 0.25) is 5.90 Å². The van der Waals surface area contributed by atoms with Crippen molar-refractivity contribution in [2.24, 2.45) is 4.99 Å². The summed E-state index contributed by atoms with van der Waals surface area (Å²) in [6, 6.07) is 22.4. The molecular weight excluding hydrogens is 380 g/mol. The molecule has 0 amide bonds.